The Hall–Kier alpha value is -1.26. The van der Waals surface area contributed by atoms with Gasteiger partial charge in [-0.15, -0.1) is 0 Å². The third kappa shape index (κ3) is 5.57. The van der Waals surface area contributed by atoms with Crippen LogP contribution in [0.4, 0.5) is 0 Å². The highest BCUT2D eigenvalue weighted by molar-refractivity contribution is 5.99. The minimum atomic E-state index is -0.102. The number of carbonyl (C=O) groups excluding carboxylic acids is 2. The van der Waals surface area contributed by atoms with E-state index in [2.05, 4.69) is 13.8 Å². The van der Waals surface area contributed by atoms with Gasteiger partial charge in [0, 0.05) is 25.6 Å². The largest absolute Gasteiger partial charge is 0.379 e. The van der Waals surface area contributed by atoms with Crippen molar-refractivity contribution in [2.24, 2.45) is 40.4 Å². The van der Waals surface area contributed by atoms with E-state index in [1.54, 1.807) is 6.08 Å². The quantitative estimate of drug-likeness (QED) is 0.362. The Morgan fingerprint density at radius 1 is 1.16 bits per heavy atom. The maximum atomic E-state index is 14.3. The van der Waals surface area contributed by atoms with Gasteiger partial charge in [-0.25, -0.2) is 0 Å². The van der Waals surface area contributed by atoms with E-state index >= 15 is 0 Å². The Morgan fingerprint density at radius 3 is 2.86 bits per heavy atom. The van der Waals surface area contributed by atoms with Crippen LogP contribution in [-0.4, -0.2) is 38.0 Å². The average Bonchev–Trinajstić information content (AvgIpc) is 3.28. The van der Waals surface area contributed by atoms with Crippen molar-refractivity contribution in [1.29, 1.82) is 0 Å². The van der Waals surface area contributed by atoms with E-state index in [4.69, 9.17) is 9.47 Å². The Balaban J connectivity index is 1.24. The first-order chi connectivity index (χ1) is 17.8. The molecule has 206 valence electrons. The van der Waals surface area contributed by atoms with Crippen molar-refractivity contribution in [3.63, 3.8) is 0 Å². The lowest BCUT2D eigenvalue weighted by Crippen LogP contribution is -2.38. The number of ketones is 2. The lowest BCUT2D eigenvalue weighted by atomic mass is 9.65. The molecule has 8 unspecified atom stereocenters. The Morgan fingerprint density at radius 2 is 2.03 bits per heavy atom. The van der Waals surface area contributed by atoms with Crippen LogP contribution in [0.5, 0.6) is 0 Å². The number of Topliss-reactive ketones (excluding diaryl/α,β-unsaturated/α-hetero) is 1. The first kappa shape index (κ1) is 27.3. The molecule has 0 aromatic heterocycles. The van der Waals surface area contributed by atoms with Gasteiger partial charge in [0.15, 0.2) is 5.78 Å². The van der Waals surface area contributed by atoms with Crippen molar-refractivity contribution in [3.8, 4) is 0 Å². The summed E-state index contributed by atoms with van der Waals surface area (Å²) in [6, 6.07) is 0. The summed E-state index contributed by atoms with van der Waals surface area (Å²) in [5.41, 5.74) is 1.43. The minimum absolute atomic E-state index is 0.102. The number of methoxy groups -OCH3 is 1. The second-order valence-corrected chi connectivity index (χ2v) is 13.7. The SMILES string of the molecule is COC1COCCC1CC(C)C1CC2(C)CCCC2(C(=O)CC2CC/C3=C/C(=O)/C=C/CCC3CC2)C1. The number of carbonyl (C=O) groups is 2. The smallest absolute Gasteiger partial charge is 0.178 e. The molecule has 0 radical (unpaired) electrons. The van der Waals surface area contributed by atoms with Gasteiger partial charge >= 0.3 is 0 Å². The number of fused-ring (bicyclic) bond motifs is 2. The molecule has 1 heterocycles. The summed E-state index contributed by atoms with van der Waals surface area (Å²) in [5.74, 6) is 3.58. The third-order valence-electron chi connectivity index (χ3n) is 11.6. The standard InChI is InChI=1S/C33H50O4/c1-23(17-27-13-16-37-22-30(27)36-3)28-20-32(2)14-6-15-33(32,21-28)31(35)18-24-9-11-25-7-4-5-8-29(34)19-26(25)12-10-24/h5,8,19,23-25,27-28,30H,4,6-7,9-18,20-22H2,1-3H3/b8-5+,26-19-. The maximum Gasteiger partial charge on any atom is 0.178 e. The fourth-order valence-electron chi connectivity index (χ4n) is 9.26. The Kier molecular flexibility index (Phi) is 8.46. The second kappa shape index (κ2) is 11.5. The van der Waals surface area contributed by atoms with Crippen molar-refractivity contribution < 1.29 is 19.1 Å². The predicted octanol–water partition coefficient (Wildman–Crippen LogP) is 7.26. The van der Waals surface area contributed by atoms with Gasteiger partial charge in [0.25, 0.3) is 0 Å². The lowest BCUT2D eigenvalue weighted by Gasteiger charge is -2.37. The average molecular weight is 511 g/mol. The molecule has 0 N–H and O–H groups in total. The fraction of sp³-hybridized carbons (Fsp3) is 0.818. The van der Waals surface area contributed by atoms with E-state index in [1.165, 1.54) is 31.3 Å². The summed E-state index contributed by atoms with van der Waals surface area (Å²) in [5, 5.41) is 0. The van der Waals surface area contributed by atoms with Crippen LogP contribution in [0.25, 0.3) is 0 Å². The number of ether oxygens (including phenoxy) is 2. The molecular weight excluding hydrogens is 460 g/mol. The zero-order valence-corrected chi connectivity index (χ0v) is 23.6. The molecule has 4 nitrogen and oxygen atoms in total. The van der Waals surface area contributed by atoms with Crippen molar-refractivity contribution in [2.45, 2.75) is 110 Å². The van der Waals surface area contributed by atoms with Gasteiger partial charge in [-0.3, -0.25) is 9.59 Å². The number of hydrogen-bond donors (Lipinski definition) is 0. The zero-order chi connectivity index (χ0) is 26.0. The molecule has 0 amide bonds. The third-order valence-corrected chi connectivity index (χ3v) is 11.6. The zero-order valence-electron chi connectivity index (χ0n) is 23.6. The van der Waals surface area contributed by atoms with E-state index in [0.29, 0.717) is 35.4 Å². The molecule has 5 aliphatic rings. The van der Waals surface area contributed by atoms with Gasteiger partial charge in [-0.2, -0.15) is 0 Å². The first-order valence-electron chi connectivity index (χ1n) is 15.4. The van der Waals surface area contributed by atoms with E-state index in [-0.39, 0.29) is 22.7 Å². The predicted molar refractivity (Wildman–Crippen MR) is 147 cm³/mol. The highest BCUT2D eigenvalue weighted by Gasteiger charge is 2.61. The fourth-order valence-corrected chi connectivity index (χ4v) is 9.26. The van der Waals surface area contributed by atoms with Crippen LogP contribution in [0.3, 0.4) is 0 Å². The summed E-state index contributed by atoms with van der Waals surface area (Å²) in [7, 11) is 1.82. The van der Waals surface area contributed by atoms with Crippen molar-refractivity contribution in [2.75, 3.05) is 20.3 Å². The Labute approximate surface area is 225 Å². The normalized spacial score (nSPS) is 43.5. The van der Waals surface area contributed by atoms with Crippen LogP contribution in [0.15, 0.2) is 23.8 Å². The van der Waals surface area contributed by atoms with Crippen LogP contribution < -0.4 is 0 Å². The van der Waals surface area contributed by atoms with Gasteiger partial charge in [-0.1, -0.05) is 31.9 Å². The van der Waals surface area contributed by atoms with Gasteiger partial charge in [0.05, 0.1) is 12.7 Å². The monoisotopic (exact) mass is 510 g/mol. The molecule has 4 aliphatic carbocycles. The van der Waals surface area contributed by atoms with Crippen LogP contribution in [0, 0.1) is 40.4 Å². The molecule has 4 heteroatoms. The molecule has 0 aromatic rings. The van der Waals surface area contributed by atoms with Crippen LogP contribution >= 0.6 is 0 Å². The highest BCUT2D eigenvalue weighted by Crippen LogP contribution is 2.67. The number of allylic oxidation sites excluding steroid dienone is 4. The Bertz CT molecular complexity index is 904. The molecule has 0 bridgehead atoms. The van der Waals surface area contributed by atoms with E-state index in [1.807, 2.05) is 19.3 Å². The highest BCUT2D eigenvalue weighted by atomic mass is 16.5. The van der Waals surface area contributed by atoms with E-state index in [9.17, 15) is 9.59 Å². The topological polar surface area (TPSA) is 52.6 Å². The van der Waals surface area contributed by atoms with E-state index in [0.717, 1.165) is 77.4 Å². The molecular formula is C33H50O4. The molecule has 0 aromatic carbocycles. The number of rotatable bonds is 7. The molecule has 8 atom stereocenters. The summed E-state index contributed by atoms with van der Waals surface area (Å²) in [6.07, 6.45) is 21.3. The molecule has 4 fully saturated rings. The van der Waals surface area contributed by atoms with Crippen molar-refractivity contribution >= 4 is 11.6 Å². The molecule has 1 saturated heterocycles. The minimum Gasteiger partial charge on any atom is -0.379 e. The summed E-state index contributed by atoms with van der Waals surface area (Å²) in [6.45, 7) is 6.47. The molecule has 5 rings (SSSR count). The van der Waals surface area contributed by atoms with Gasteiger partial charge in [0.2, 0.25) is 0 Å². The summed E-state index contributed by atoms with van der Waals surface area (Å²) >= 11 is 0. The van der Waals surface area contributed by atoms with Crippen molar-refractivity contribution in [3.05, 3.63) is 23.8 Å². The van der Waals surface area contributed by atoms with Crippen LogP contribution in [0.2, 0.25) is 0 Å². The van der Waals surface area contributed by atoms with E-state index < -0.39 is 0 Å². The van der Waals surface area contributed by atoms with Crippen LogP contribution in [0.1, 0.15) is 104 Å². The van der Waals surface area contributed by atoms with Crippen molar-refractivity contribution in [1.82, 2.24) is 0 Å². The van der Waals surface area contributed by atoms with Gasteiger partial charge < -0.3 is 9.47 Å². The van der Waals surface area contributed by atoms with Gasteiger partial charge in [-0.05, 0) is 124 Å². The summed E-state index contributed by atoms with van der Waals surface area (Å²) < 4.78 is 11.4. The second-order valence-electron chi connectivity index (χ2n) is 13.7. The first-order valence-corrected chi connectivity index (χ1v) is 15.4. The van der Waals surface area contributed by atoms with Crippen LogP contribution in [-0.2, 0) is 19.1 Å². The molecule has 0 spiro atoms. The van der Waals surface area contributed by atoms with Gasteiger partial charge in [0.1, 0.15) is 5.78 Å². The molecule has 37 heavy (non-hydrogen) atoms. The number of hydrogen-bond acceptors (Lipinski definition) is 4. The maximum absolute atomic E-state index is 14.3. The lowest BCUT2D eigenvalue weighted by molar-refractivity contribution is -0.134. The summed E-state index contributed by atoms with van der Waals surface area (Å²) in [4.78, 5) is 26.5. The molecule has 3 saturated carbocycles. The molecule has 1 aliphatic heterocycles.